The number of aromatic nitrogens is 3. The first-order valence-electron chi connectivity index (χ1n) is 17.5. The Labute approximate surface area is 292 Å². The highest BCUT2D eigenvalue weighted by Crippen LogP contribution is 2.50. The molecule has 5 heterocycles. The minimum Gasteiger partial charge on any atom is -0.490 e. The van der Waals surface area contributed by atoms with E-state index in [1.165, 1.54) is 17.6 Å². The second-order valence-electron chi connectivity index (χ2n) is 14.7. The van der Waals surface area contributed by atoms with Gasteiger partial charge < -0.3 is 24.8 Å². The summed E-state index contributed by atoms with van der Waals surface area (Å²) in [4.78, 5) is 28.1. The lowest BCUT2D eigenvalue weighted by Gasteiger charge is -2.39. The summed E-state index contributed by atoms with van der Waals surface area (Å²) < 4.78 is 38.3. The summed E-state index contributed by atoms with van der Waals surface area (Å²) in [5.74, 6) is -0.0699. The predicted molar refractivity (Wildman–Crippen MR) is 190 cm³/mol. The number of aryl methyl sites for hydroxylation is 1. The van der Waals surface area contributed by atoms with E-state index in [-0.39, 0.29) is 5.92 Å². The SMILES string of the molecule is Cc1nc2c(c(-c3cc(F)c4c(c3C)CCCO4)c1[C@H](OC(C)(C)C)C(N)=O)C=C(c1nc(N3CCC(N4CCOCC4)CC3)ns1)C2C. The number of primary amides is 1. The molecule has 0 bridgehead atoms. The van der Waals surface area contributed by atoms with Crippen molar-refractivity contribution in [3.8, 4) is 16.9 Å². The average Bonchev–Trinajstić information content (AvgIpc) is 3.70. The Bertz CT molecular complexity index is 1790. The van der Waals surface area contributed by atoms with Gasteiger partial charge in [0.15, 0.2) is 17.7 Å². The predicted octanol–water partition coefficient (Wildman–Crippen LogP) is 5.98. The van der Waals surface area contributed by atoms with Crippen LogP contribution in [0.5, 0.6) is 5.75 Å². The number of piperidine rings is 1. The third-order valence-corrected chi connectivity index (χ3v) is 11.1. The topological polar surface area (TPSA) is 116 Å². The number of amides is 1. The van der Waals surface area contributed by atoms with E-state index < -0.39 is 23.4 Å². The van der Waals surface area contributed by atoms with Crippen LogP contribution in [-0.4, -0.2) is 82.8 Å². The number of carbonyl (C=O) groups excluding carboxylic acids is 1. The van der Waals surface area contributed by atoms with Gasteiger partial charge in [0.05, 0.1) is 31.1 Å². The minimum absolute atomic E-state index is 0.101. The lowest BCUT2D eigenvalue weighted by molar-refractivity contribution is -0.140. The molecule has 1 aromatic carbocycles. The molecule has 1 aliphatic carbocycles. The number of nitrogens with zero attached hydrogens (tertiary/aromatic N) is 5. The molecule has 10 nitrogen and oxygen atoms in total. The molecule has 12 heteroatoms. The number of pyridine rings is 1. The number of nitrogens with two attached hydrogens (primary N) is 1. The molecule has 4 aliphatic rings. The average molecular weight is 691 g/mol. The maximum Gasteiger partial charge on any atom is 0.251 e. The summed E-state index contributed by atoms with van der Waals surface area (Å²) in [5.41, 5.74) is 12.4. The Morgan fingerprint density at radius 1 is 1.12 bits per heavy atom. The van der Waals surface area contributed by atoms with E-state index in [1.54, 1.807) is 0 Å². The number of hydrogen-bond donors (Lipinski definition) is 1. The van der Waals surface area contributed by atoms with Crippen LogP contribution in [0.4, 0.5) is 10.3 Å². The molecule has 49 heavy (non-hydrogen) atoms. The Balaban J connectivity index is 1.30. The molecular formula is C37H47FN6O4S. The largest absolute Gasteiger partial charge is 0.490 e. The number of rotatable bonds is 7. The first-order chi connectivity index (χ1) is 23.4. The van der Waals surface area contributed by atoms with Crippen LogP contribution in [-0.2, 0) is 20.7 Å². The first-order valence-corrected chi connectivity index (χ1v) is 18.3. The zero-order valence-electron chi connectivity index (χ0n) is 29.4. The monoisotopic (exact) mass is 690 g/mol. The molecule has 2 aromatic heterocycles. The number of anilines is 1. The zero-order chi connectivity index (χ0) is 34.6. The van der Waals surface area contributed by atoms with Crippen molar-refractivity contribution >= 4 is 35.0 Å². The quantitative estimate of drug-likeness (QED) is 0.320. The van der Waals surface area contributed by atoms with Gasteiger partial charge in [0.1, 0.15) is 5.01 Å². The van der Waals surface area contributed by atoms with Crippen LogP contribution in [0.1, 0.15) is 97.6 Å². The molecule has 2 saturated heterocycles. The maximum absolute atomic E-state index is 15.8. The van der Waals surface area contributed by atoms with Gasteiger partial charge in [0.2, 0.25) is 5.95 Å². The van der Waals surface area contributed by atoms with Crippen LogP contribution >= 0.6 is 11.5 Å². The van der Waals surface area contributed by atoms with Gasteiger partial charge in [0, 0.05) is 60.5 Å². The summed E-state index contributed by atoms with van der Waals surface area (Å²) in [6, 6.07) is 2.11. The summed E-state index contributed by atoms with van der Waals surface area (Å²) in [6.45, 7) is 17.6. The lowest BCUT2D eigenvalue weighted by Crippen LogP contribution is -2.49. The van der Waals surface area contributed by atoms with E-state index in [0.29, 0.717) is 41.6 Å². The number of hydrogen-bond acceptors (Lipinski definition) is 10. The maximum atomic E-state index is 15.8. The number of morpholine rings is 1. The van der Waals surface area contributed by atoms with Crippen LogP contribution in [0, 0.1) is 19.7 Å². The highest BCUT2D eigenvalue weighted by Gasteiger charge is 2.37. The van der Waals surface area contributed by atoms with Gasteiger partial charge in [-0.15, -0.1) is 0 Å². The van der Waals surface area contributed by atoms with Gasteiger partial charge >= 0.3 is 0 Å². The zero-order valence-corrected chi connectivity index (χ0v) is 30.2. The van der Waals surface area contributed by atoms with Crippen LogP contribution < -0.4 is 15.4 Å². The van der Waals surface area contributed by atoms with Gasteiger partial charge in [0.25, 0.3) is 5.91 Å². The summed E-state index contributed by atoms with van der Waals surface area (Å²) in [6.07, 6.45) is 4.67. The Morgan fingerprint density at radius 3 is 2.55 bits per heavy atom. The van der Waals surface area contributed by atoms with Crippen LogP contribution in [0.3, 0.4) is 0 Å². The third kappa shape index (κ3) is 6.48. The normalized spacial score (nSPS) is 20.8. The van der Waals surface area contributed by atoms with E-state index in [9.17, 15) is 4.79 Å². The number of fused-ring (bicyclic) bond motifs is 2. The molecule has 0 spiro atoms. The second-order valence-corrected chi connectivity index (χ2v) is 15.4. The fourth-order valence-electron chi connectivity index (χ4n) is 7.88. The molecule has 1 unspecified atom stereocenters. The molecule has 262 valence electrons. The van der Waals surface area contributed by atoms with Crippen molar-refractivity contribution in [1.29, 1.82) is 0 Å². The van der Waals surface area contributed by atoms with Crippen molar-refractivity contribution in [2.24, 2.45) is 5.73 Å². The highest BCUT2D eigenvalue weighted by atomic mass is 32.1. The van der Waals surface area contributed by atoms with Crippen LogP contribution in [0.15, 0.2) is 6.07 Å². The van der Waals surface area contributed by atoms with Crippen LogP contribution in [0.2, 0.25) is 0 Å². The molecule has 1 amide bonds. The van der Waals surface area contributed by atoms with E-state index in [0.717, 1.165) is 103 Å². The van der Waals surface area contributed by atoms with Crippen molar-refractivity contribution in [2.45, 2.75) is 90.9 Å². The number of carbonyl (C=O) groups is 1. The van der Waals surface area contributed by atoms with Crippen LogP contribution in [0.25, 0.3) is 22.8 Å². The lowest BCUT2D eigenvalue weighted by atomic mass is 9.85. The van der Waals surface area contributed by atoms with Gasteiger partial charge in [-0.05, 0) is 106 Å². The number of benzene rings is 1. The van der Waals surface area contributed by atoms with Crippen molar-refractivity contribution in [2.75, 3.05) is 50.9 Å². The molecule has 7 rings (SSSR count). The van der Waals surface area contributed by atoms with Crippen molar-refractivity contribution in [1.82, 2.24) is 19.2 Å². The molecule has 3 aliphatic heterocycles. The first kappa shape index (κ1) is 34.0. The Morgan fingerprint density at radius 2 is 1.86 bits per heavy atom. The van der Waals surface area contributed by atoms with E-state index in [2.05, 4.69) is 22.8 Å². The van der Waals surface area contributed by atoms with Crippen molar-refractivity contribution < 1.29 is 23.4 Å². The van der Waals surface area contributed by atoms with Gasteiger partial charge in [-0.3, -0.25) is 14.7 Å². The van der Waals surface area contributed by atoms with Crippen molar-refractivity contribution in [3.05, 3.63) is 50.5 Å². The van der Waals surface area contributed by atoms with Gasteiger partial charge in [-0.2, -0.15) is 9.36 Å². The molecule has 0 saturated carbocycles. The number of halogens is 1. The highest BCUT2D eigenvalue weighted by molar-refractivity contribution is 7.07. The third-order valence-electron chi connectivity index (χ3n) is 10.3. The fraction of sp³-hybridized carbons (Fsp3) is 0.568. The molecular weight excluding hydrogens is 644 g/mol. The standard InChI is InChI=1S/C37H47FN6O4S/c1-20-24-8-7-15-47-32(24)28(38)19-25(20)30-27-18-26(21(2)31(27)40-22(3)29(30)33(34(39)45)48-37(4,5)6)35-41-36(42-49-35)44-11-9-23(10-12-44)43-13-16-46-17-14-43/h18-19,21,23,33H,7-17H2,1-6H3,(H2,39,45)/t21?,33-/m0/s1. The van der Waals surface area contributed by atoms with E-state index >= 15 is 4.39 Å². The molecule has 0 radical (unpaired) electrons. The Kier molecular flexibility index (Phi) is 9.27. The molecule has 2 N–H and O–H groups in total. The van der Waals surface area contributed by atoms with E-state index in [1.807, 2.05) is 34.6 Å². The van der Waals surface area contributed by atoms with Gasteiger partial charge in [-0.25, -0.2) is 4.39 Å². The molecule has 2 atom stereocenters. The molecule has 2 fully saturated rings. The Hall–Kier alpha value is -3.45. The van der Waals surface area contributed by atoms with E-state index in [4.69, 9.17) is 34.3 Å². The fourth-order valence-corrected chi connectivity index (χ4v) is 8.67. The second kappa shape index (κ2) is 13.4. The minimum atomic E-state index is -1.09. The van der Waals surface area contributed by atoms with Gasteiger partial charge in [-0.1, -0.05) is 6.92 Å². The summed E-state index contributed by atoms with van der Waals surface area (Å²) in [7, 11) is 0. The molecule has 3 aromatic rings. The number of ether oxygens (including phenoxy) is 3. The summed E-state index contributed by atoms with van der Waals surface area (Å²) in [5, 5.41) is 0.833. The summed E-state index contributed by atoms with van der Waals surface area (Å²) >= 11 is 1.40. The van der Waals surface area contributed by atoms with Crippen molar-refractivity contribution in [3.63, 3.8) is 0 Å². The smallest absolute Gasteiger partial charge is 0.251 e. The number of allylic oxidation sites excluding steroid dienone is 1.